The van der Waals surface area contributed by atoms with Gasteiger partial charge in [0.05, 0.1) is 6.61 Å². The van der Waals surface area contributed by atoms with Crippen LogP contribution >= 0.6 is 24.0 Å². The van der Waals surface area contributed by atoms with Crippen molar-refractivity contribution in [2.75, 3.05) is 39.8 Å². The highest BCUT2D eigenvalue weighted by Gasteiger charge is 2.19. The Labute approximate surface area is 182 Å². The molecule has 154 valence electrons. The van der Waals surface area contributed by atoms with Crippen molar-refractivity contribution in [1.29, 1.82) is 0 Å². The number of hydrogen-bond donors (Lipinski definition) is 2. The summed E-state index contributed by atoms with van der Waals surface area (Å²) in [5.41, 5.74) is 1.29. The van der Waals surface area contributed by atoms with Gasteiger partial charge in [-0.25, -0.2) is 0 Å². The number of guanidine groups is 1. The van der Waals surface area contributed by atoms with Crippen molar-refractivity contribution in [1.82, 2.24) is 15.5 Å². The van der Waals surface area contributed by atoms with Gasteiger partial charge < -0.3 is 20.3 Å². The summed E-state index contributed by atoms with van der Waals surface area (Å²) in [6.07, 6.45) is 5.62. The fourth-order valence-electron chi connectivity index (χ4n) is 3.34. The molecule has 1 aromatic rings. The molecule has 0 radical (unpaired) electrons. The molecule has 5 nitrogen and oxygen atoms in total. The van der Waals surface area contributed by atoms with Gasteiger partial charge in [0, 0.05) is 32.7 Å². The van der Waals surface area contributed by atoms with Crippen LogP contribution in [-0.2, 0) is 6.42 Å². The molecule has 0 amide bonds. The summed E-state index contributed by atoms with van der Waals surface area (Å²) in [7, 11) is 1.85. The number of likely N-dealkylation sites (tertiary alicyclic amines) is 1. The molecule has 0 aliphatic carbocycles. The minimum absolute atomic E-state index is 0. The predicted octanol–water partition coefficient (Wildman–Crippen LogP) is 3.68. The molecule has 0 atom stereocenters. The van der Waals surface area contributed by atoms with E-state index in [2.05, 4.69) is 52.6 Å². The molecular weight excluding hydrogens is 451 g/mol. The first kappa shape index (κ1) is 24.0. The van der Waals surface area contributed by atoms with Crippen molar-refractivity contribution in [3.05, 3.63) is 29.8 Å². The molecule has 1 saturated heterocycles. The van der Waals surface area contributed by atoms with Crippen LogP contribution in [0.1, 0.15) is 45.1 Å². The minimum atomic E-state index is 0. The Balaban J connectivity index is 0.00000364. The van der Waals surface area contributed by atoms with Crippen molar-refractivity contribution in [3.63, 3.8) is 0 Å². The zero-order valence-corrected chi connectivity index (χ0v) is 19.5. The molecule has 2 N–H and O–H groups in total. The van der Waals surface area contributed by atoms with Crippen molar-refractivity contribution in [2.24, 2.45) is 4.99 Å². The maximum absolute atomic E-state index is 5.71. The fraction of sp³-hybridized carbons (Fsp3) is 0.667. The zero-order valence-electron chi connectivity index (χ0n) is 17.2. The summed E-state index contributed by atoms with van der Waals surface area (Å²) in [6, 6.07) is 8.91. The van der Waals surface area contributed by atoms with Crippen LogP contribution in [-0.4, -0.2) is 56.7 Å². The van der Waals surface area contributed by atoms with E-state index < -0.39 is 0 Å². The maximum Gasteiger partial charge on any atom is 0.191 e. The first-order valence-electron chi connectivity index (χ1n) is 10.2. The van der Waals surface area contributed by atoms with E-state index in [-0.39, 0.29) is 24.0 Å². The normalized spacial score (nSPS) is 15.9. The average Bonchev–Trinajstić information content (AvgIpc) is 2.67. The molecule has 0 saturated carbocycles. The second kappa shape index (κ2) is 14.0. The van der Waals surface area contributed by atoms with E-state index in [1.165, 1.54) is 44.5 Å². The Morgan fingerprint density at radius 3 is 2.67 bits per heavy atom. The number of nitrogens with one attached hydrogen (secondary N) is 2. The van der Waals surface area contributed by atoms with Gasteiger partial charge in [-0.05, 0) is 56.3 Å². The van der Waals surface area contributed by atoms with Gasteiger partial charge in [0.25, 0.3) is 0 Å². The number of nitrogens with zero attached hydrogens (tertiary/aromatic N) is 2. The van der Waals surface area contributed by atoms with E-state index in [1.54, 1.807) is 0 Å². The molecule has 1 aliphatic rings. The first-order valence-corrected chi connectivity index (χ1v) is 10.2. The Morgan fingerprint density at radius 2 is 2.00 bits per heavy atom. The van der Waals surface area contributed by atoms with Gasteiger partial charge in [-0.1, -0.05) is 26.0 Å². The molecule has 2 rings (SSSR count). The number of ether oxygens (including phenoxy) is 1. The molecular formula is C21H37IN4O. The van der Waals surface area contributed by atoms with Crippen molar-refractivity contribution < 1.29 is 4.74 Å². The van der Waals surface area contributed by atoms with Crippen LogP contribution in [0.5, 0.6) is 5.75 Å². The Bertz CT molecular complexity index is 545. The highest BCUT2D eigenvalue weighted by atomic mass is 127. The SMILES string of the molecule is CCCOc1cccc(CCNC(=NC)NC2CCN(CCC)CC2)c1.I. The van der Waals surface area contributed by atoms with Crippen molar-refractivity contribution in [2.45, 2.75) is 52.0 Å². The van der Waals surface area contributed by atoms with Crippen LogP contribution < -0.4 is 15.4 Å². The molecule has 0 bridgehead atoms. The summed E-state index contributed by atoms with van der Waals surface area (Å²) in [5.74, 6) is 1.88. The van der Waals surface area contributed by atoms with Gasteiger partial charge >= 0.3 is 0 Å². The zero-order chi connectivity index (χ0) is 18.6. The van der Waals surface area contributed by atoms with E-state index in [1.807, 2.05) is 13.1 Å². The van der Waals surface area contributed by atoms with E-state index in [0.717, 1.165) is 37.7 Å². The van der Waals surface area contributed by atoms with Crippen LogP contribution in [0.3, 0.4) is 0 Å². The van der Waals surface area contributed by atoms with Crippen molar-refractivity contribution in [3.8, 4) is 5.75 Å². The standard InChI is InChI=1S/C21H36N4O.HI/c1-4-13-25-14-10-19(11-15-25)24-21(22-3)23-12-9-18-7-6-8-20(17-18)26-16-5-2;/h6-8,17,19H,4-5,9-16H2,1-3H3,(H2,22,23,24);1H. The maximum atomic E-state index is 5.71. The number of rotatable bonds is 9. The lowest BCUT2D eigenvalue weighted by molar-refractivity contribution is 0.206. The molecule has 1 aliphatic heterocycles. The van der Waals surface area contributed by atoms with Crippen molar-refractivity contribution >= 4 is 29.9 Å². The highest BCUT2D eigenvalue weighted by Crippen LogP contribution is 2.14. The fourth-order valence-corrected chi connectivity index (χ4v) is 3.34. The van der Waals surface area contributed by atoms with Crippen LogP contribution in [0.15, 0.2) is 29.3 Å². The van der Waals surface area contributed by atoms with Gasteiger partial charge in [0.2, 0.25) is 0 Å². The second-order valence-electron chi connectivity index (χ2n) is 7.01. The van der Waals surface area contributed by atoms with E-state index in [4.69, 9.17) is 4.74 Å². The number of benzene rings is 1. The third-order valence-corrected chi connectivity index (χ3v) is 4.77. The number of halogens is 1. The van der Waals surface area contributed by atoms with Gasteiger partial charge in [0.1, 0.15) is 5.75 Å². The smallest absolute Gasteiger partial charge is 0.191 e. The van der Waals surface area contributed by atoms with Crippen LogP contribution in [0, 0.1) is 0 Å². The van der Waals surface area contributed by atoms with Gasteiger partial charge in [-0.15, -0.1) is 24.0 Å². The van der Waals surface area contributed by atoms with E-state index in [0.29, 0.717) is 6.04 Å². The summed E-state index contributed by atoms with van der Waals surface area (Å²) in [5, 5.41) is 7.03. The molecule has 0 aromatic heterocycles. The van der Waals surface area contributed by atoms with E-state index in [9.17, 15) is 0 Å². The summed E-state index contributed by atoms with van der Waals surface area (Å²) < 4.78 is 5.71. The van der Waals surface area contributed by atoms with E-state index >= 15 is 0 Å². The topological polar surface area (TPSA) is 48.9 Å². The Morgan fingerprint density at radius 1 is 1.22 bits per heavy atom. The second-order valence-corrected chi connectivity index (χ2v) is 7.01. The lowest BCUT2D eigenvalue weighted by Gasteiger charge is -2.32. The van der Waals surface area contributed by atoms with Crippen LogP contribution in [0.2, 0.25) is 0 Å². The molecule has 0 spiro atoms. The molecule has 1 fully saturated rings. The molecule has 1 aromatic carbocycles. The van der Waals surface area contributed by atoms with Crippen LogP contribution in [0.4, 0.5) is 0 Å². The Hall–Kier alpha value is -1.02. The average molecular weight is 488 g/mol. The lowest BCUT2D eigenvalue weighted by atomic mass is 10.1. The van der Waals surface area contributed by atoms with Gasteiger partial charge in [-0.3, -0.25) is 4.99 Å². The largest absolute Gasteiger partial charge is 0.494 e. The summed E-state index contributed by atoms with van der Waals surface area (Å²) >= 11 is 0. The Kier molecular flexibility index (Phi) is 12.5. The minimum Gasteiger partial charge on any atom is -0.494 e. The first-order chi connectivity index (χ1) is 12.7. The molecule has 27 heavy (non-hydrogen) atoms. The molecule has 6 heteroatoms. The quantitative estimate of drug-likeness (QED) is 0.317. The third-order valence-electron chi connectivity index (χ3n) is 4.77. The third kappa shape index (κ3) is 9.14. The summed E-state index contributed by atoms with van der Waals surface area (Å²) in [6.45, 7) is 9.61. The van der Waals surface area contributed by atoms with Gasteiger partial charge in [-0.2, -0.15) is 0 Å². The monoisotopic (exact) mass is 488 g/mol. The lowest BCUT2D eigenvalue weighted by Crippen LogP contribution is -2.49. The number of hydrogen-bond acceptors (Lipinski definition) is 3. The molecule has 1 heterocycles. The number of aliphatic imine (C=N–C) groups is 1. The van der Waals surface area contributed by atoms with Gasteiger partial charge in [0.15, 0.2) is 5.96 Å². The molecule has 0 unspecified atom stereocenters. The number of piperidine rings is 1. The van der Waals surface area contributed by atoms with Crippen LogP contribution in [0.25, 0.3) is 0 Å². The predicted molar refractivity (Wildman–Crippen MR) is 126 cm³/mol. The summed E-state index contributed by atoms with van der Waals surface area (Å²) in [4.78, 5) is 6.94. The highest BCUT2D eigenvalue weighted by molar-refractivity contribution is 14.0.